The van der Waals surface area contributed by atoms with Gasteiger partial charge in [-0.25, -0.2) is 0 Å². The van der Waals surface area contributed by atoms with Crippen molar-refractivity contribution in [3.63, 3.8) is 0 Å². The summed E-state index contributed by atoms with van der Waals surface area (Å²) in [5.41, 5.74) is 14.0. The van der Waals surface area contributed by atoms with Gasteiger partial charge in [-0.05, 0) is 43.0 Å². The Kier molecular flexibility index (Phi) is 7.12. The van der Waals surface area contributed by atoms with Crippen LogP contribution in [-0.4, -0.2) is 43.6 Å². The summed E-state index contributed by atoms with van der Waals surface area (Å²) in [6, 6.07) is 15.8. The molecule has 2 aromatic rings. The van der Waals surface area contributed by atoms with E-state index in [9.17, 15) is 4.79 Å². The van der Waals surface area contributed by atoms with Gasteiger partial charge in [0.05, 0.1) is 11.2 Å². The van der Waals surface area contributed by atoms with E-state index in [1.165, 1.54) is 5.56 Å². The van der Waals surface area contributed by atoms with Gasteiger partial charge in [-0.3, -0.25) is 4.79 Å². The molecule has 0 spiro atoms. The number of nitrogen functional groups attached to an aromatic ring is 1. The normalized spacial score (nSPS) is 16.4. The van der Waals surface area contributed by atoms with E-state index < -0.39 is 5.91 Å². The molecule has 3 rings (SSSR count). The van der Waals surface area contributed by atoms with Crippen molar-refractivity contribution in [2.75, 3.05) is 43.8 Å². The number of carbonyl (C=O) groups excluding carboxylic acids is 1. The number of carbonyl (C=O) groups is 1. The Morgan fingerprint density at radius 1 is 1.17 bits per heavy atom. The number of hydrogen-bond acceptors (Lipinski definition) is 5. The number of benzene rings is 2. The third-order valence-electron chi connectivity index (χ3n) is 5.60. The number of piperidine rings is 1. The number of nitrogens with one attached hydrogen (secondary N) is 1. The third-order valence-corrected chi connectivity index (χ3v) is 5.60. The topological polar surface area (TPSA) is 93.6 Å². The average Bonchev–Trinajstić information content (AvgIpc) is 2.75. The van der Waals surface area contributed by atoms with Crippen LogP contribution in [0.2, 0.25) is 0 Å². The molecule has 0 aliphatic carbocycles. The molecule has 1 saturated heterocycles. The molecule has 1 heterocycles. The lowest BCUT2D eigenvalue weighted by atomic mass is 9.84. The summed E-state index contributed by atoms with van der Waals surface area (Å²) in [5.74, 6) is -0.474. The molecule has 1 amide bonds. The lowest BCUT2D eigenvalue weighted by Crippen LogP contribution is -2.45. The second-order valence-electron chi connectivity index (χ2n) is 7.65. The number of nitrogens with two attached hydrogens (primary N) is 2. The summed E-state index contributed by atoms with van der Waals surface area (Å²) < 4.78 is 6.38. The molecule has 29 heavy (non-hydrogen) atoms. The van der Waals surface area contributed by atoms with Gasteiger partial charge in [-0.15, -0.1) is 0 Å². The van der Waals surface area contributed by atoms with E-state index in [0.29, 0.717) is 11.3 Å². The standard InChI is InChI=1S/C23H32N4O2/c1-2-16-29-23(18-6-4-3-5-7-18)10-13-27(14-11-23)15-12-26-21-9-8-19(24)17-20(21)22(25)28/h3-9,17,26H,2,10-16,24H2,1H3,(H2,25,28). The Balaban J connectivity index is 1.56. The maximum absolute atomic E-state index is 11.6. The second-order valence-corrected chi connectivity index (χ2v) is 7.65. The minimum Gasteiger partial charge on any atom is -0.399 e. The summed E-state index contributed by atoms with van der Waals surface area (Å²) in [4.78, 5) is 14.1. The van der Waals surface area contributed by atoms with Crippen molar-refractivity contribution in [3.8, 4) is 0 Å². The van der Waals surface area contributed by atoms with Crippen molar-refractivity contribution in [2.45, 2.75) is 31.8 Å². The number of amides is 1. The van der Waals surface area contributed by atoms with Gasteiger partial charge in [0.1, 0.15) is 0 Å². The number of anilines is 2. The van der Waals surface area contributed by atoms with Gasteiger partial charge < -0.3 is 26.4 Å². The molecule has 0 saturated carbocycles. The van der Waals surface area contributed by atoms with E-state index in [-0.39, 0.29) is 5.60 Å². The number of rotatable bonds is 9. The summed E-state index contributed by atoms with van der Waals surface area (Å²) in [7, 11) is 0. The molecule has 0 atom stereocenters. The van der Waals surface area contributed by atoms with Crippen molar-refractivity contribution in [2.24, 2.45) is 5.73 Å². The van der Waals surface area contributed by atoms with Gasteiger partial charge >= 0.3 is 0 Å². The van der Waals surface area contributed by atoms with Crippen LogP contribution < -0.4 is 16.8 Å². The van der Waals surface area contributed by atoms with Crippen LogP contribution in [0.5, 0.6) is 0 Å². The zero-order valence-electron chi connectivity index (χ0n) is 17.2. The van der Waals surface area contributed by atoms with Crippen molar-refractivity contribution in [1.82, 2.24) is 4.90 Å². The number of nitrogens with zero attached hydrogens (tertiary/aromatic N) is 1. The van der Waals surface area contributed by atoms with Crippen molar-refractivity contribution in [1.29, 1.82) is 0 Å². The van der Waals surface area contributed by atoms with Gasteiger partial charge in [0, 0.05) is 44.2 Å². The molecule has 156 valence electrons. The molecule has 1 fully saturated rings. The molecule has 2 aromatic carbocycles. The highest BCUT2D eigenvalue weighted by Crippen LogP contribution is 2.36. The fourth-order valence-corrected chi connectivity index (χ4v) is 3.96. The first-order valence-electron chi connectivity index (χ1n) is 10.4. The SMILES string of the molecule is CCCOC1(c2ccccc2)CCN(CCNc2ccc(N)cc2C(N)=O)CC1. The molecule has 1 aliphatic heterocycles. The quantitative estimate of drug-likeness (QED) is 0.566. The second kappa shape index (κ2) is 9.76. The maximum Gasteiger partial charge on any atom is 0.250 e. The molecule has 5 N–H and O–H groups in total. The summed E-state index contributed by atoms with van der Waals surface area (Å²) in [5, 5.41) is 3.33. The van der Waals surface area contributed by atoms with Crippen LogP contribution >= 0.6 is 0 Å². The first-order valence-corrected chi connectivity index (χ1v) is 10.4. The van der Waals surface area contributed by atoms with E-state index >= 15 is 0 Å². The number of hydrogen-bond donors (Lipinski definition) is 3. The highest BCUT2D eigenvalue weighted by molar-refractivity contribution is 5.99. The average molecular weight is 397 g/mol. The fraction of sp³-hybridized carbons (Fsp3) is 0.435. The minimum absolute atomic E-state index is 0.183. The van der Waals surface area contributed by atoms with Gasteiger partial charge in [-0.1, -0.05) is 37.3 Å². The first kappa shape index (κ1) is 21.1. The van der Waals surface area contributed by atoms with E-state index in [1.807, 2.05) is 6.07 Å². The van der Waals surface area contributed by atoms with Gasteiger partial charge in [0.2, 0.25) is 0 Å². The summed E-state index contributed by atoms with van der Waals surface area (Å²) in [6.07, 6.45) is 2.98. The maximum atomic E-state index is 11.6. The molecular formula is C23H32N4O2. The Morgan fingerprint density at radius 2 is 1.90 bits per heavy atom. The number of primary amides is 1. The largest absolute Gasteiger partial charge is 0.399 e. The van der Waals surface area contributed by atoms with E-state index in [2.05, 4.69) is 47.5 Å². The van der Waals surface area contributed by atoms with Crippen LogP contribution in [-0.2, 0) is 10.3 Å². The highest BCUT2D eigenvalue weighted by atomic mass is 16.5. The molecule has 0 bridgehead atoms. The zero-order chi connectivity index (χ0) is 20.7. The predicted octanol–water partition coefficient (Wildman–Crippen LogP) is 3.20. The van der Waals surface area contributed by atoms with Gasteiger partial charge in [-0.2, -0.15) is 0 Å². The molecule has 1 aliphatic rings. The third kappa shape index (κ3) is 5.28. The van der Waals surface area contributed by atoms with Crippen LogP contribution in [0.15, 0.2) is 48.5 Å². The van der Waals surface area contributed by atoms with Gasteiger partial charge in [0.25, 0.3) is 5.91 Å². The smallest absolute Gasteiger partial charge is 0.250 e. The van der Waals surface area contributed by atoms with Crippen molar-refractivity contribution < 1.29 is 9.53 Å². The van der Waals surface area contributed by atoms with Crippen LogP contribution in [0, 0.1) is 0 Å². The van der Waals surface area contributed by atoms with Crippen LogP contribution in [0.1, 0.15) is 42.1 Å². The van der Waals surface area contributed by atoms with Crippen LogP contribution in [0.3, 0.4) is 0 Å². The molecule has 0 radical (unpaired) electrons. The van der Waals surface area contributed by atoms with Crippen molar-refractivity contribution >= 4 is 17.3 Å². The van der Waals surface area contributed by atoms with Crippen LogP contribution in [0.4, 0.5) is 11.4 Å². The monoisotopic (exact) mass is 396 g/mol. The Labute approximate surface area is 173 Å². The zero-order valence-corrected chi connectivity index (χ0v) is 17.2. The molecule has 6 heteroatoms. The Bertz CT molecular complexity index is 802. The molecule has 6 nitrogen and oxygen atoms in total. The first-order chi connectivity index (χ1) is 14.0. The summed E-state index contributed by atoms with van der Waals surface area (Å²) >= 11 is 0. The molecular weight excluding hydrogens is 364 g/mol. The number of ether oxygens (including phenoxy) is 1. The van der Waals surface area contributed by atoms with Crippen molar-refractivity contribution in [3.05, 3.63) is 59.7 Å². The molecule has 0 aromatic heterocycles. The van der Waals surface area contributed by atoms with Crippen LogP contribution in [0.25, 0.3) is 0 Å². The van der Waals surface area contributed by atoms with E-state index in [4.69, 9.17) is 16.2 Å². The fourth-order valence-electron chi connectivity index (χ4n) is 3.96. The Hall–Kier alpha value is -2.57. The minimum atomic E-state index is -0.474. The van der Waals surface area contributed by atoms with E-state index in [0.717, 1.165) is 57.7 Å². The van der Waals surface area contributed by atoms with Gasteiger partial charge in [0.15, 0.2) is 0 Å². The summed E-state index contributed by atoms with van der Waals surface area (Å²) in [6.45, 7) is 6.51. The van der Waals surface area contributed by atoms with E-state index in [1.54, 1.807) is 12.1 Å². The predicted molar refractivity (Wildman–Crippen MR) is 118 cm³/mol. The lowest BCUT2D eigenvalue weighted by Gasteiger charge is -2.42. The Morgan fingerprint density at radius 3 is 2.55 bits per heavy atom. The lowest BCUT2D eigenvalue weighted by molar-refractivity contribution is -0.0892. The highest BCUT2D eigenvalue weighted by Gasteiger charge is 2.36. The molecule has 0 unspecified atom stereocenters. The number of likely N-dealkylation sites (tertiary alicyclic amines) is 1.